The Morgan fingerprint density at radius 3 is 2.46 bits per heavy atom. The summed E-state index contributed by atoms with van der Waals surface area (Å²) in [5.41, 5.74) is 1.08. The van der Waals surface area contributed by atoms with E-state index in [2.05, 4.69) is 20.7 Å². The molecule has 1 fully saturated rings. The molecule has 1 aromatic heterocycles. The summed E-state index contributed by atoms with van der Waals surface area (Å²) in [5.74, 6) is -1.58. The van der Waals surface area contributed by atoms with Gasteiger partial charge in [0.05, 0.1) is 19.8 Å². The number of nitrogens with zero attached hydrogens (tertiary/aromatic N) is 2. The minimum absolute atomic E-state index is 0.0720. The number of amides is 2. The fraction of sp³-hybridized carbons (Fsp3) is 0.520. The Bertz CT molecular complexity index is 971. The Kier molecular flexibility index (Phi) is 9.80. The Balaban J connectivity index is 1.67. The van der Waals surface area contributed by atoms with E-state index in [-0.39, 0.29) is 18.0 Å². The highest BCUT2D eigenvalue weighted by Crippen LogP contribution is 2.12. The molecule has 1 aliphatic rings. The first-order chi connectivity index (χ1) is 16.8. The first kappa shape index (κ1) is 26.4. The van der Waals surface area contributed by atoms with Gasteiger partial charge in [0.25, 0.3) is 5.91 Å². The molecule has 2 amide bonds. The van der Waals surface area contributed by atoms with Gasteiger partial charge in [-0.3, -0.25) is 14.5 Å². The first-order valence-corrected chi connectivity index (χ1v) is 12.0. The van der Waals surface area contributed by atoms with E-state index in [1.165, 1.54) is 0 Å². The number of benzene rings is 1. The van der Waals surface area contributed by atoms with Crippen molar-refractivity contribution in [1.29, 1.82) is 0 Å². The maximum Gasteiger partial charge on any atom is 0.326 e. The van der Waals surface area contributed by atoms with Crippen molar-refractivity contribution in [2.75, 3.05) is 26.3 Å². The standard InChI is InChI=1S/C25H34N4O6/c1-17(2)14-22(25(32)33)27-23(30)20(9-8-18-6-4-3-5-7-18)26-24(31)21-15-19(35-28-21)16-29-10-12-34-13-11-29/h3-7,15,17,20,22H,8-14,16H2,1-2H3,(H,26,31)(H,27,30)(H,32,33)/t20-,22-/m0/s1. The fourth-order valence-corrected chi connectivity index (χ4v) is 3.90. The molecule has 2 aromatic rings. The van der Waals surface area contributed by atoms with Gasteiger partial charge in [0.15, 0.2) is 11.5 Å². The van der Waals surface area contributed by atoms with E-state index >= 15 is 0 Å². The van der Waals surface area contributed by atoms with Crippen molar-refractivity contribution in [1.82, 2.24) is 20.7 Å². The summed E-state index contributed by atoms with van der Waals surface area (Å²) in [6.45, 7) is 7.11. The molecule has 10 nitrogen and oxygen atoms in total. The van der Waals surface area contributed by atoms with Crippen LogP contribution in [0.1, 0.15) is 48.5 Å². The quantitative estimate of drug-likeness (QED) is 0.414. The molecule has 35 heavy (non-hydrogen) atoms. The highest BCUT2D eigenvalue weighted by atomic mass is 16.5. The molecule has 10 heteroatoms. The van der Waals surface area contributed by atoms with Crippen molar-refractivity contribution < 1.29 is 28.8 Å². The van der Waals surface area contributed by atoms with Crippen molar-refractivity contribution in [2.45, 2.75) is 51.7 Å². The molecule has 0 spiro atoms. The Labute approximate surface area is 205 Å². The molecule has 1 saturated heterocycles. The van der Waals surface area contributed by atoms with Gasteiger partial charge in [-0.2, -0.15) is 0 Å². The maximum absolute atomic E-state index is 13.0. The Hall–Kier alpha value is -3.24. The monoisotopic (exact) mass is 486 g/mol. The number of hydrogen-bond donors (Lipinski definition) is 3. The van der Waals surface area contributed by atoms with Crippen molar-refractivity contribution >= 4 is 17.8 Å². The lowest BCUT2D eigenvalue weighted by atomic mass is 10.0. The molecule has 2 heterocycles. The molecule has 1 aliphatic heterocycles. The van der Waals surface area contributed by atoms with Crippen LogP contribution in [0.15, 0.2) is 40.9 Å². The van der Waals surface area contributed by atoms with E-state index in [0.29, 0.717) is 38.4 Å². The van der Waals surface area contributed by atoms with Gasteiger partial charge in [-0.25, -0.2) is 4.79 Å². The van der Waals surface area contributed by atoms with E-state index in [9.17, 15) is 19.5 Å². The molecule has 3 rings (SSSR count). The summed E-state index contributed by atoms with van der Waals surface area (Å²) < 4.78 is 10.7. The summed E-state index contributed by atoms with van der Waals surface area (Å²) >= 11 is 0. The van der Waals surface area contributed by atoms with Crippen LogP contribution >= 0.6 is 0 Å². The minimum atomic E-state index is -1.11. The number of aryl methyl sites for hydroxylation is 1. The van der Waals surface area contributed by atoms with Crippen LogP contribution in [0.5, 0.6) is 0 Å². The largest absolute Gasteiger partial charge is 0.480 e. The van der Waals surface area contributed by atoms with Crippen molar-refractivity contribution in [3.63, 3.8) is 0 Å². The van der Waals surface area contributed by atoms with E-state index < -0.39 is 29.9 Å². The van der Waals surface area contributed by atoms with Crippen LogP contribution in [-0.2, 0) is 27.3 Å². The van der Waals surface area contributed by atoms with Crippen molar-refractivity contribution in [3.05, 3.63) is 53.4 Å². The van der Waals surface area contributed by atoms with Crippen LogP contribution in [-0.4, -0.2) is 71.3 Å². The number of carboxylic acids is 1. The first-order valence-electron chi connectivity index (χ1n) is 12.0. The number of carbonyl (C=O) groups is 3. The topological polar surface area (TPSA) is 134 Å². The molecular formula is C25H34N4O6. The van der Waals surface area contributed by atoms with Gasteiger partial charge in [0.2, 0.25) is 5.91 Å². The van der Waals surface area contributed by atoms with Crippen molar-refractivity contribution in [3.8, 4) is 0 Å². The summed E-state index contributed by atoms with van der Waals surface area (Å²) in [7, 11) is 0. The van der Waals surface area contributed by atoms with Gasteiger partial charge in [0, 0.05) is 19.2 Å². The number of rotatable bonds is 12. The van der Waals surface area contributed by atoms with Crippen LogP contribution < -0.4 is 10.6 Å². The minimum Gasteiger partial charge on any atom is -0.480 e. The Morgan fingerprint density at radius 1 is 1.09 bits per heavy atom. The second kappa shape index (κ2) is 13.0. The molecule has 0 bridgehead atoms. The number of nitrogens with one attached hydrogen (secondary N) is 2. The summed E-state index contributed by atoms with van der Waals surface area (Å²) in [4.78, 5) is 39.7. The molecule has 0 aliphatic carbocycles. The van der Waals surface area contributed by atoms with Crippen LogP contribution in [0.25, 0.3) is 0 Å². The zero-order chi connectivity index (χ0) is 25.2. The molecule has 2 atom stereocenters. The second-order valence-electron chi connectivity index (χ2n) is 9.15. The molecular weight excluding hydrogens is 452 g/mol. The molecule has 1 aromatic carbocycles. The third kappa shape index (κ3) is 8.48. The molecule has 0 unspecified atom stereocenters. The van der Waals surface area contributed by atoms with E-state index in [0.717, 1.165) is 18.7 Å². The lowest BCUT2D eigenvalue weighted by Crippen LogP contribution is -2.52. The van der Waals surface area contributed by atoms with Crippen LogP contribution in [0.2, 0.25) is 0 Å². The number of carboxylic acid groups (broad SMARTS) is 1. The highest BCUT2D eigenvalue weighted by molar-refractivity contribution is 5.96. The molecule has 0 radical (unpaired) electrons. The normalized spacial score (nSPS) is 16.0. The van der Waals surface area contributed by atoms with Gasteiger partial charge in [-0.1, -0.05) is 49.3 Å². The third-order valence-electron chi connectivity index (χ3n) is 5.78. The summed E-state index contributed by atoms with van der Waals surface area (Å²) in [6.07, 6.45) is 1.12. The molecule has 3 N–H and O–H groups in total. The maximum atomic E-state index is 13.0. The fourth-order valence-electron chi connectivity index (χ4n) is 3.90. The van der Waals surface area contributed by atoms with Gasteiger partial charge >= 0.3 is 5.97 Å². The van der Waals surface area contributed by atoms with Gasteiger partial charge in [0.1, 0.15) is 12.1 Å². The van der Waals surface area contributed by atoms with E-state index in [4.69, 9.17) is 9.26 Å². The van der Waals surface area contributed by atoms with E-state index in [1.54, 1.807) is 6.07 Å². The SMILES string of the molecule is CC(C)C[C@H](NC(=O)[C@H](CCc1ccccc1)NC(=O)c1cc(CN2CCOCC2)on1)C(=O)O. The number of aliphatic carboxylic acids is 1. The average molecular weight is 487 g/mol. The van der Waals surface area contributed by atoms with Crippen LogP contribution in [0.4, 0.5) is 0 Å². The van der Waals surface area contributed by atoms with Gasteiger partial charge in [-0.05, 0) is 30.7 Å². The van der Waals surface area contributed by atoms with Gasteiger partial charge < -0.3 is 25.0 Å². The summed E-state index contributed by atoms with van der Waals surface area (Å²) in [6, 6.07) is 9.17. The van der Waals surface area contributed by atoms with Crippen LogP contribution in [0.3, 0.4) is 0 Å². The molecule has 0 saturated carbocycles. The number of hydrogen-bond acceptors (Lipinski definition) is 7. The Morgan fingerprint density at radius 2 is 1.80 bits per heavy atom. The predicted octanol–water partition coefficient (Wildman–Crippen LogP) is 1.85. The van der Waals surface area contributed by atoms with Gasteiger partial charge in [-0.15, -0.1) is 0 Å². The zero-order valence-corrected chi connectivity index (χ0v) is 20.2. The second-order valence-corrected chi connectivity index (χ2v) is 9.15. The van der Waals surface area contributed by atoms with E-state index in [1.807, 2.05) is 44.2 Å². The number of ether oxygens (including phenoxy) is 1. The smallest absolute Gasteiger partial charge is 0.326 e. The highest BCUT2D eigenvalue weighted by Gasteiger charge is 2.28. The van der Waals surface area contributed by atoms with Crippen LogP contribution in [0, 0.1) is 5.92 Å². The average Bonchev–Trinajstić information content (AvgIpc) is 3.30. The number of aromatic nitrogens is 1. The zero-order valence-electron chi connectivity index (χ0n) is 20.2. The lowest BCUT2D eigenvalue weighted by Gasteiger charge is -2.25. The summed E-state index contributed by atoms with van der Waals surface area (Å²) in [5, 5.41) is 18.7. The number of carbonyl (C=O) groups excluding carboxylic acids is 2. The predicted molar refractivity (Wildman–Crippen MR) is 128 cm³/mol. The third-order valence-corrected chi connectivity index (χ3v) is 5.78. The van der Waals surface area contributed by atoms with Crippen molar-refractivity contribution in [2.24, 2.45) is 5.92 Å². The number of morpholine rings is 1. The lowest BCUT2D eigenvalue weighted by molar-refractivity contribution is -0.142. The molecule has 190 valence electrons.